The lowest BCUT2D eigenvalue weighted by atomic mass is 9.80. The summed E-state index contributed by atoms with van der Waals surface area (Å²) in [6, 6.07) is 8.61. The SMILES string of the molecule is CCO[C@H]1OC(C(=O)NC2CCCCC2)=C[C@@H](c2csc3ccccc23)[C@@H]1CCCO. The number of aliphatic hydroxyl groups is 1. The van der Waals surface area contributed by atoms with Crippen molar-refractivity contribution >= 4 is 27.3 Å². The van der Waals surface area contributed by atoms with Crippen molar-refractivity contribution in [3.63, 3.8) is 0 Å². The number of carbonyl (C=O) groups excluding carboxylic acids is 1. The first-order chi connectivity index (χ1) is 15.2. The van der Waals surface area contributed by atoms with Gasteiger partial charge >= 0.3 is 0 Å². The molecule has 1 aromatic carbocycles. The van der Waals surface area contributed by atoms with Gasteiger partial charge in [0.2, 0.25) is 6.29 Å². The van der Waals surface area contributed by atoms with Gasteiger partial charge in [0.15, 0.2) is 5.76 Å². The van der Waals surface area contributed by atoms with Crippen LogP contribution in [0.15, 0.2) is 41.5 Å². The smallest absolute Gasteiger partial charge is 0.286 e. The van der Waals surface area contributed by atoms with Gasteiger partial charge in [0.1, 0.15) is 0 Å². The molecule has 3 atom stereocenters. The van der Waals surface area contributed by atoms with Crippen molar-refractivity contribution in [3.8, 4) is 0 Å². The standard InChI is InChI=1S/C25H33NO4S/c1-2-29-25-19(12-8-14-27)20(21-16-31-23-13-7-6-11-18(21)23)15-22(30-25)24(28)26-17-9-4-3-5-10-17/h6-7,11,13,15-17,19-20,25,27H,2-5,8-10,12,14H2,1H3,(H,26,28)/t19-,20+,25-/m0/s1. The second-order valence-electron chi connectivity index (χ2n) is 8.52. The maximum Gasteiger partial charge on any atom is 0.286 e. The highest BCUT2D eigenvalue weighted by molar-refractivity contribution is 7.17. The Morgan fingerprint density at radius 3 is 2.84 bits per heavy atom. The van der Waals surface area contributed by atoms with E-state index >= 15 is 0 Å². The summed E-state index contributed by atoms with van der Waals surface area (Å²) in [6.45, 7) is 2.58. The van der Waals surface area contributed by atoms with Gasteiger partial charge in [-0.25, -0.2) is 0 Å². The number of fused-ring (bicyclic) bond motifs is 1. The number of hydrogen-bond donors (Lipinski definition) is 2. The average molecular weight is 444 g/mol. The minimum absolute atomic E-state index is 0.0000980. The molecular weight excluding hydrogens is 410 g/mol. The molecule has 2 aromatic rings. The molecule has 0 bridgehead atoms. The Kier molecular flexibility index (Phi) is 7.64. The molecule has 31 heavy (non-hydrogen) atoms. The number of benzene rings is 1. The van der Waals surface area contributed by atoms with Gasteiger partial charge in [-0.15, -0.1) is 11.3 Å². The lowest BCUT2D eigenvalue weighted by molar-refractivity contribution is -0.166. The van der Waals surface area contributed by atoms with E-state index in [1.165, 1.54) is 34.9 Å². The van der Waals surface area contributed by atoms with Crippen LogP contribution in [0, 0.1) is 5.92 Å². The van der Waals surface area contributed by atoms with Gasteiger partial charge < -0.3 is 19.9 Å². The van der Waals surface area contributed by atoms with E-state index in [0.29, 0.717) is 18.8 Å². The highest BCUT2D eigenvalue weighted by atomic mass is 32.1. The number of nitrogens with one attached hydrogen (secondary N) is 1. The highest BCUT2D eigenvalue weighted by Crippen LogP contribution is 2.43. The van der Waals surface area contributed by atoms with E-state index in [1.807, 2.05) is 13.0 Å². The van der Waals surface area contributed by atoms with Crippen molar-refractivity contribution in [1.82, 2.24) is 5.32 Å². The number of hydrogen-bond acceptors (Lipinski definition) is 5. The zero-order valence-corrected chi connectivity index (χ0v) is 19.0. The van der Waals surface area contributed by atoms with Gasteiger partial charge in [0.05, 0.1) is 0 Å². The van der Waals surface area contributed by atoms with E-state index in [2.05, 4.69) is 35.0 Å². The van der Waals surface area contributed by atoms with Crippen LogP contribution < -0.4 is 5.32 Å². The van der Waals surface area contributed by atoms with E-state index in [9.17, 15) is 9.90 Å². The average Bonchev–Trinajstić information content (AvgIpc) is 3.22. The van der Waals surface area contributed by atoms with Gasteiger partial charge in [0.25, 0.3) is 5.91 Å². The number of rotatable bonds is 8. The number of thiophene rings is 1. The lowest BCUT2D eigenvalue weighted by Gasteiger charge is -2.37. The Morgan fingerprint density at radius 1 is 1.26 bits per heavy atom. The first-order valence-electron chi connectivity index (χ1n) is 11.6. The molecule has 1 saturated carbocycles. The Morgan fingerprint density at radius 2 is 2.06 bits per heavy atom. The van der Waals surface area contributed by atoms with Crippen molar-refractivity contribution in [3.05, 3.63) is 47.0 Å². The van der Waals surface area contributed by atoms with Gasteiger partial charge in [-0.3, -0.25) is 4.79 Å². The van der Waals surface area contributed by atoms with E-state index in [1.54, 1.807) is 11.3 Å². The van der Waals surface area contributed by atoms with Crippen molar-refractivity contribution in [2.24, 2.45) is 5.92 Å². The quantitative estimate of drug-likeness (QED) is 0.596. The number of amides is 1. The van der Waals surface area contributed by atoms with Crippen LogP contribution in [0.3, 0.4) is 0 Å². The summed E-state index contributed by atoms with van der Waals surface area (Å²) < 4.78 is 13.3. The number of allylic oxidation sites excluding steroid dienone is 1. The summed E-state index contributed by atoms with van der Waals surface area (Å²) in [7, 11) is 0. The summed E-state index contributed by atoms with van der Waals surface area (Å²) in [5.41, 5.74) is 1.21. The molecule has 0 radical (unpaired) electrons. The lowest BCUT2D eigenvalue weighted by Crippen LogP contribution is -2.42. The van der Waals surface area contributed by atoms with Gasteiger partial charge in [0, 0.05) is 35.8 Å². The fourth-order valence-corrected chi connectivity index (χ4v) is 5.89. The van der Waals surface area contributed by atoms with E-state index in [-0.39, 0.29) is 30.4 Å². The van der Waals surface area contributed by atoms with Crippen LogP contribution in [0.4, 0.5) is 0 Å². The van der Waals surface area contributed by atoms with Crippen LogP contribution in [0.1, 0.15) is 63.4 Å². The first kappa shape index (κ1) is 22.3. The van der Waals surface area contributed by atoms with Crippen molar-refractivity contribution < 1.29 is 19.4 Å². The van der Waals surface area contributed by atoms with Crippen LogP contribution in [0.5, 0.6) is 0 Å². The highest BCUT2D eigenvalue weighted by Gasteiger charge is 2.39. The molecule has 4 rings (SSSR count). The fourth-order valence-electron chi connectivity index (χ4n) is 4.88. The van der Waals surface area contributed by atoms with E-state index in [4.69, 9.17) is 9.47 Å². The van der Waals surface area contributed by atoms with Crippen LogP contribution in [0.2, 0.25) is 0 Å². The molecular formula is C25H33NO4S. The molecule has 1 amide bonds. The first-order valence-corrected chi connectivity index (χ1v) is 12.5. The number of aliphatic hydroxyl groups excluding tert-OH is 1. The molecule has 2 N–H and O–H groups in total. The number of carbonyl (C=O) groups is 1. The fraction of sp³-hybridized carbons (Fsp3) is 0.560. The molecule has 0 saturated heterocycles. The molecule has 1 fully saturated rings. The molecule has 0 spiro atoms. The molecule has 1 aliphatic heterocycles. The van der Waals surface area contributed by atoms with Crippen LogP contribution >= 0.6 is 11.3 Å². The van der Waals surface area contributed by atoms with Crippen molar-refractivity contribution in [2.45, 2.75) is 70.1 Å². The maximum atomic E-state index is 13.1. The molecule has 5 nitrogen and oxygen atoms in total. The molecule has 168 valence electrons. The normalized spacial score (nSPS) is 24.6. The predicted octanol–water partition coefficient (Wildman–Crippen LogP) is 5.10. The molecule has 2 aliphatic rings. The summed E-state index contributed by atoms with van der Waals surface area (Å²) in [5, 5.41) is 16.1. The summed E-state index contributed by atoms with van der Waals surface area (Å²) >= 11 is 1.73. The minimum Gasteiger partial charge on any atom is -0.459 e. The van der Waals surface area contributed by atoms with Gasteiger partial charge in [-0.2, -0.15) is 0 Å². The molecule has 1 aromatic heterocycles. The molecule has 1 aliphatic carbocycles. The van der Waals surface area contributed by atoms with E-state index < -0.39 is 6.29 Å². The van der Waals surface area contributed by atoms with E-state index in [0.717, 1.165) is 19.3 Å². The predicted molar refractivity (Wildman–Crippen MR) is 124 cm³/mol. The second kappa shape index (κ2) is 10.6. The summed E-state index contributed by atoms with van der Waals surface area (Å²) in [4.78, 5) is 13.1. The number of ether oxygens (including phenoxy) is 2. The summed E-state index contributed by atoms with van der Waals surface area (Å²) in [6.07, 6.45) is 8.58. The van der Waals surface area contributed by atoms with Gasteiger partial charge in [-0.05, 0) is 61.1 Å². The van der Waals surface area contributed by atoms with Crippen molar-refractivity contribution in [1.29, 1.82) is 0 Å². The van der Waals surface area contributed by atoms with Crippen molar-refractivity contribution in [2.75, 3.05) is 13.2 Å². The van der Waals surface area contributed by atoms with Crippen LogP contribution in [0.25, 0.3) is 10.1 Å². The zero-order chi connectivity index (χ0) is 21.6. The minimum atomic E-state index is -0.502. The molecule has 2 heterocycles. The third-order valence-electron chi connectivity index (χ3n) is 6.45. The monoisotopic (exact) mass is 443 g/mol. The van der Waals surface area contributed by atoms with Crippen LogP contribution in [-0.4, -0.2) is 36.6 Å². The Bertz CT molecular complexity index is 902. The third kappa shape index (κ3) is 5.13. The second-order valence-corrected chi connectivity index (χ2v) is 9.43. The Balaban J connectivity index is 1.67. The van der Waals surface area contributed by atoms with Crippen LogP contribution in [-0.2, 0) is 14.3 Å². The Hall–Kier alpha value is -1.89. The maximum absolute atomic E-state index is 13.1. The summed E-state index contributed by atoms with van der Waals surface area (Å²) in [5.74, 6) is 0.266. The Labute approximate surface area is 188 Å². The third-order valence-corrected chi connectivity index (χ3v) is 7.43. The van der Waals surface area contributed by atoms with Gasteiger partial charge in [-0.1, -0.05) is 37.5 Å². The zero-order valence-electron chi connectivity index (χ0n) is 18.2. The molecule has 0 unspecified atom stereocenters. The largest absolute Gasteiger partial charge is 0.459 e. The topological polar surface area (TPSA) is 67.8 Å². The molecule has 6 heteroatoms.